The van der Waals surface area contributed by atoms with Crippen molar-refractivity contribution in [2.24, 2.45) is 5.73 Å². The summed E-state index contributed by atoms with van der Waals surface area (Å²) in [4.78, 5) is 26.1. The minimum Gasteiger partial charge on any atom is -0.444 e. The first kappa shape index (κ1) is 13.4. The summed E-state index contributed by atoms with van der Waals surface area (Å²) in [7, 11) is 0. The monoisotopic (exact) mass is 257 g/mol. The van der Waals surface area contributed by atoms with Crippen molar-refractivity contribution in [1.29, 1.82) is 0 Å². The van der Waals surface area contributed by atoms with E-state index in [0.29, 0.717) is 5.69 Å². The maximum Gasteiger partial charge on any atom is 0.407 e. The van der Waals surface area contributed by atoms with Gasteiger partial charge in [0.15, 0.2) is 5.01 Å². The number of nitrogens with zero attached hydrogens (tertiary/aromatic N) is 1. The minimum absolute atomic E-state index is 0.207. The van der Waals surface area contributed by atoms with Crippen molar-refractivity contribution in [2.45, 2.75) is 32.9 Å². The Morgan fingerprint density at radius 1 is 1.53 bits per heavy atom. The van der Waals surface area contributed by atoms with Gasteiger partial charge in [-0.25, -0.2) is 9.78 Å². The van der Waals surface area contributed by atoms with Gasteiger partial charge >= 0.3 is 6.09 Å². The quantitative estimate of drug-likeness (QED) is 0.852. The molecule has 0 aliphatic rings. The number of rotatable bonds is 3. The van der Waals surface area contributed by atoms with Crippen LogP contribution in [0.1, 0.15) is 36.3 Å². The molecule has 0 unspecified atom stereocenters. The van der Waals surface area contributed by atoms with Gasteiger partial charge in [0, 0.05) is 5.38 Å². The molecule has 6 nitrogen and oxygen atoms in total. The van der Waals surface area contributed by atoms with Gasteiger partial charge in [-0.05, 0) is 20.8 Å². The normalized spacial score (nSPS) is 11.0. The molecule has 7 heteroatoms. The molecule has 1 aromatic rings. The Morgan fingerprint density at radius 2 is 2.18 bits per heavy atom. The summed E-state index contributed by atoms with van der Waals surface area (Å²) in [6.07, 6.45) is -0.522. The lowest BCUT2D eigenvalue weighted by atomic mass is 10.2. The van der Waals surface area contributed by atoms with Crippen LogP contribution in [0.15, 0.2) is 5.38 Å². The van der Waals surface area contributed by atoms with Crippen LogP contribution < -0.4 is 11.1 Å². The third kappa shape index (κ3) is 4.81. The highest BCUT2D eigenvalue weighted by molar-refractivity contribution is 7.11. The van der Waals surface area contributed by atoms with Crippen LogP contribution in [0.4, 0.5) is 4.79 Å². The number of nitrogens with two attached hydrogens (primary N) is 1. The molecular formula is C10H15N3O3S. The third-order valence-corrected chi connectivity index (χ3v) is 2.48. The Hall–Kier alpha value is -1.63. The molecule has 0 aliphatic carbocycles. The van der Waals surface area contributed by atoms with Crippen LogP contribution in [0.5, 0.6) is 0 Å². The number of hydrogen-bond donors (Lipinski definition) is 2. The number of aromatic nitrogens is 1. The molecule has 94 valence electrons. The number of ether oxygens (including phenoxy) is 1. The van der Waals surface area contributed by atoms with Gasteiger partial charge in [0.25, 0.3) is 5.91 Å². The molecule has 1 heterocycles. The zero-order chi connectivity index (χ0) is 13.1. The Morgan fingerprint density at radius 3 is 2.65 bits per heavy atom. The lowest BCUT2D eigenvalue weighted by Gasteiger charge is -2.19. The number of alkyl carbamates (subject to hydrolysis) is 1. The first-order valence-electron chi connectivity index (χ1n) is 4.99. The molecule has 1 rings (SSSR count). The van der Waals surface area contributed by atoms with Crippen molar-refractivity contribution < 1.29 is 14.3 Å². The molecule has 17 heavy (non-hydrogen) atoms. The summed E-state index contributed by atoms with van der Waals surface area (Å²) in [5.41, 5.74) is 5.10. The van der Waals surface area contributed by atoms with Crippen molar-refractivity contribution in [2.75, 3.05) is 0 Å². The van der Waals surface area contributed by atoms with Crippen LogP contribution in [0.3, 0.4) is 0 Å². The second-order valence-corrected chi connectivity index (χ2v) is 5.22. The van der Waals surface area contributed by atoms with Crippen molar-refractivity contribution in [1.82, 2.24) is 10.3 Å². The van der Waals surface area contributed by atoms with E-state index < -0.39 is 17.6 Å². The first-order valence-corrected chi connectivity index (χ1v) is 5.87. The Bertz CT molecular complexity index is 423. The highest BCUT2D eigenvalue weighted by Gasteiger charge is 2.16. The molecule has 2 amide bonds. The van der Waals surface area contributed by atoms with Gasteiger partial charge in [-0.1, -0.05) is 0 Å². The van der Waals surface area contributed by atoms with E-state index in [9.17, 15) is 9.59 Å². The molecule has 0 aromatic carbocycles. The molecule has 0 saturated carbocycles. The number of thiazole rings is 1. The highest BCUT2D eigenvalue weighted by atomic mass is 32.1. The Labute approximate surface area is 103 Å². The van der Waals surface area contributed by atoms with E-state index in [1.807, 2.05) is 0 Å². The van der Waals surface area contributed by atoms with Crippen LogP contribution in [-0.2, 0) is 11.3 Å². The molecule has 0 saturated heterocycles. The van der Waals surface area contributed by atoms with Crippen molar-refractivity contribution in [3.05, 3.63) is 16.1 Å². The fourth-order valence-electron chi connectivity index (χ4n) is 0.978. The average molecular weight is 257 g/mol. The first-order chi connectivity index (χ1) is 7.78. The topological polar surface area (TPSA) is 94.3 Å². The van der Waals surface area contributed by atoms with Gasteiger partial charge in [0.05, 0.1) is 12.2 Å². The molecule has 0 fully saturated rings. The van der Waals surface area contributed by atoms with Crippen molar-refractivity contribution in [3.63, 3.8) is 0 Å². The Kier molecular flexibility index (Phi) is 4.06. The van der Waals surface area contributed by atoms with E-state index in [0.717, 1.165) is 11.3 Å². The van der Waals surface area contributed by atoms with E-state index in [2.05, 4.69) is 10.3 Å². The summed E-state index contributed by atoms with van der Waals surface area (Å²) in [5.74, 6) is -0.571. The third-order valence-electron chi connectivity index (χ3n) is 1.58. The van der Waals surface area contributed by atoms with E-state index in [1.165, 1.54) is 0 Å². The zero-order valence-corrected chi connectivity index (χ0v) is 10.8. The second-order valence-electron chi connectivity index (χ2n) is 4.36. The predicted octanol–water partition coefficient (Wildman–Crippen LogP) is 1.27. The minimum atomic E-state index is -0.571. The van der Waals surface area contributed by atoms with Crippen LogP contribution in [0.2, 0.25) is 0 Å². The van der Waals surface area contributed by atoms with Gasteiger partial charge in [-0.3, -0.25) is 4.79 Å². The number of hydrogen-bond acceptors (Lipinski definition) is 5. The molecule has 0 spiro atoms. The van der Waals surface area contributed by atoms with Crippen LogP contribution in [0.25, 0.3) is 0 Å². The summed E-state index contributed by atoms with van der Waals surface area (Å²) >= 11 is 1.14. The number of carbonyl (C=O) groups is 2. The fraction of sp³-hybridized carbons (Fsp3) is 0.500. The molecule has 0 atom stereocenters. The lowest BCUT2D eigenvalue weighted by molar-refractivity contribution is 0.0523. The molecule has 0 bridgehead atoms. The van der Waals surface area contributed by atoms with Crippen molar-refractivity contribution in [3.8, 4) is 0 Å². The van der Waals surface area contributed by atoms with Crippen LogP contribution >= 0.6 is 11.3 Å². The van der Waals surface area contributed by atoms with Crippen LogP contribution in [-0.4, -0.2) is 22.6 Å². The predicted molar refractivity (Wildman–Crippen MR) is 63.7 cm³/mol. The van der Waals surface area contributed by atoms with Gasteiger partial charge in [0.1, 0.15) is 5.60 Å². The summed E-state index contributed by atoms with van der Waals surface area (Å²) in [6.45, 7) is 5.54. The molecule has 3 N–H and O–H groups in total. The van der Waals surface area contributed by atoms with Gasteiger partial charge < -0.3 is 15.8 Å². The number of primary amides is 1. The van der Waals surface area contributed by atoms with Crippen LogP contribution in [0, 0.1) is 0 Å². The largest absolute Gasteiger partial charge is 0.444 e. The smallest absolute Gasteiger partial charge is 0.407 e. The fourth-order valence-corrected chi connectivity index (χ4v) is 1.65. The van der Waals surface area contributed by atoms with Gasteiger partial charge in [-0.2, -0.15) is 0 Å². The van der Waals surface area contributed by atoms with E-state index in [1.54, 1.807) is 26.2 Å². The number of carbonyl (C=O) groups excluding carboxylic acids is 2. The lowest BCUT2D eigenvalue weighted by Crippen LogP contribution is -2.32. The second kappa shape index (κ2) is 5.13. The Balaban J connectivity index is 2.45. The summed E-state index contributed by atoms with van der Waals surface area (Å²) < 4.78 is 5.05. The maximum absolute atomic E-state index is 11.3. The number of amides is 2. The van der Waals surface area contributed by atoms with Gasteiger partial charge in [0.2, 0.25) is 0 Å². The molecule has 1 aromatic heterocycles. The SMILES string of the molecule is CC(C)(C)OC(=O)NCc1csc(C(N)=O)n1. The molecule has 0 aliphatic heterocycles. The van der Waals surface area contributed by atoms with Crippen molar-refractivity contribution >= 4 is 23.3 Å². The zero-order valence-electron chi connectivity index (χ0n) is 9.94. The maximum atomic E-state index is 11.3. The van der Waals surface area contributed by atoms with E-state index in [-0.39, 0.29) is 11.6 Å². The summed E-state index contributed by atoms with van der Waals surface area (Å²) in [5, 5.41) is 4.43. The highest BCUT2D eigenvalue weighted by Crippen LogP contribution is 2.10. The van der Waals surface area contributed by atoms with E-state index >= 15 is 0 Å². The summed E-state index contributed by atoms with van der Waals surface area (Å²) in [6, 6.07) is 0. The van der Waals surface area contributed by atoms with E-state index in [4.69, 9.17) is 10.5 Å². The standard InChI is InChI=1S/C10H15N3O3S/c1-10(2,3)16-9(15)12-4-6-5-17-8(13-6)7(11)14/h5H,4H2,1-3H3,(H2,11,14)(H,12,15). The average Bonchev–Trinajstić information content (AvgIpc) is 2.60. The molecular weight excluding hydrogens is 242 g/mol. The number of nitrogens with one attached hydrogen (secondary N) is 1. The molecule has 0 radical (unpaired) electrons. The van der Waals surface area contributed by atoms with Gasteiger partial charge in [-0.15, -0.1) is 11.3 Å².